The zero-order valence-corrected chi connectivity index (χ0v) is 9.67. The quantitative estimate of drug-likeness (QED) is 0.812. The fourth-order valence-electron chi connectivity index (χ4n) is 1.51. The summed E-state index contributed by atoms with van der Waals surface area (Å²) in [6.07, 6.45) is 3.13. The molecule has 2 heterocycles. The molecule has 0 aliphatic heterocycles. The molecule has 6 heteroatoms. The molecule has 0 radical (unpaired) electrons. The first kappa shape index (κ1) is 11.8. The van der Waals surface area contributed by atoms with Gasteiger partial charge in [-0.1, -0.05) is 12.1 Å². The highest BCUT2D eigenvalue weighted by atomic mass is 16.5. The summed E-state index contributed by atoms with van der Waals surface area (Å²) in [7, 11) is 0. The van der Waals surface area contributed by atoms with Crippen LogP contribution in [0.2, 0.25) is 0 Å². The number of aliphatic hydroxyl groups is 1. The van der Waals surface area contributed by atoms with E-state index in [2.05, 4.69) is 10.1 Å². The van der Waals surface area contributed by atoms with Gasteiger partial charge in [0.05, 0.1) is 25.0 Å². The van der Waals surface area contributed by atoms with Crippen molar-refractivity contribution in [3.05, 3.63) is 24.5 Å². The first-order valence-electron chi connectivity index (χ1n) is 5.52. The summed E-state index contributed by atoms with van der Waals surface area (Å²) in [5, 5.41) is 12.8. The van der Waals surface area contributed by atoms with Crippen molar-refractivity contribution in [2.45, 2.75) is 13.5 Å². The summed E-state index contributed by atoms with van der Waals surface area (Å²) in [5.74, 6) is 1.06. The Morgan fingerprint density at radius 2 is 2.35 bits per heavy atom. The van der Waals surface area contributed by atoms with Crippen LogP contribution in [-0.2, 0) is 6.54 Å². The minimum atomic E-state index is 0.122. The molecule has 17 heavy (non-hydrogen) atoms. The molecule has 2 aromatic rings. The predicted octanol–water partition coefficient (Wildman–Crippen LogP) is 1.14. The van der Waals surface area contributed by atoms with Gasteiger partial charge in [0.25, 0.3) is 0 Å². The van der Waals surface area contributed by atoms with Crippen LogP contribution in [0.3, 0.4) is 0 Å². The summed E-state index contributed by atoms with van der Waals surface area (Å²) in [5.41, 5.74) is 0.796. The maximum absolute atomic E-state index is 8.88. The Bertz CT molecular complexity index is 439. The number of hydrogen-bond acceptors (Lipinski definition) is 6. The number of aromatic nitrogens is 2. The Morgan fingerprint density at radius 3 is 3.00 bits per heavy atom. The highest BCUT2D eigenvalue weighted by molar-refractivity contribution is 5.51. The monoisotopic (exact) mass is 237 g/mol. The smallest absolute Gasteiger partial charge is 0.241 e. The van der Waals surface area contributed by atoms with Gasteiger partial charge in [-0.2, -0.15) is 4.98 Å². The van der Waals surface area contributed by atoms with Crippen molar-refractivity contribution in [2.24, 2.45) is 0 Å². The first-order valence-corrected chi connectivity index (χ1v) is 5.52. The molecule has 2 aromatic heterocycles. The highest BCUT2D eigenvalue weighted by Crippen LogP contribution is 2.16. The summed E-state index contributed by atoms with van der Waals surface area (Å²) < 4.78 is 10.1. The summed E-state index contributed by atoms with van der Waals surface area (Å²) in [6.45, 7) is 4.10. The van der Waals surface area contributed by atoms with Gasteiger partial charge >= 0.3 is 0 Å². The second-order valence-corrected chi connectivity index (χ2v) is 3.62. The number of furan rings is 1. The molecule has 2 rings (SSSR count). The normalized spacial score (nSPS) is 11.2. The highest BCUT2D eigenvalue weighted by Gasteiger charge is 2.12. The lowest BCUT2D eigenvalue weighted by atomic mass is 10.3. The van der Waals surface area contributed by atoms with Crippen molar-refractivity contribution in [2.75, 3.05) is 19.7 Å². The van der Waals surface area contributed by atoms with E-state index in [9.17, 15) is 0 Å². The predicted molar refractivity (Wildman–Crippen MR) is 60.0 cm³/mol. The molecule has 0 saturated carbocycles. The van der Waals surface area contributed by atoms with Crippen LogP contribution in [0.25, 0.3) is 11.4 Å². The molecule has 0 aliphatic carbocycles. The molecule has 0 amide bonds. The molecule has 0 aliphatic rings. The Labute approximate surface area is 98.8 Å². The molecular formula is C11H15N3O3. The Hall–Kier alpha value is -1.66. The van der Waals surface area contributed by atoms with Crippen LogP contribution in [0.15, 0.2) is 27.5 Å². The molecule has 0 spiro atoms. The van der Waals surface area contributed by atoms with E-state index in [-0.39, 0.29) is 6.61 Å². The van der Waals surface area contributed by atoms with Crippen molar-refractivity contribution in [1.29, 1.82) is 0 Å². The Balaban J connectivity index is 2.03. The van der Waals surface area contributed by atoms with Crippen LogP contribution in [0.4, 0.5) is 0 Å². The lowest BCUT2D eigenvalue weighted by molar-refractivity contribution is 0.180. The van der Waals surface area contributed by atoms with Gasteiger partial charge in [-0.05, 0) is 12.6 Å². The van der Waals surface area contributed by atoms with Crippen LogP contribution in [0.5, 0.6) is 0 Å². The van der Waals surface area contributed by atoms with E-state index >= 15 is 0 Å². The SMILES string of the molecule is CCN(CCO)Cc1nc(-c2ccoc2)no1. The lowest BCUT2D eigenvalue weighted by Crippen LogP contribution is -2.26. The van der Waals surface area contributed by atoms with E-state index in [1.54, 1.807) is 18.6 Å². The van der Waals surface area contributed by atoms with Crippen molar-refractivity contribution < 1.29 is 14.0 Å². The number of rotatable bonds is 6. The molecule has 6 nitrogen and oxygen atoms in total. The topological polar surface area (TPSA) is 75.5 Å². The standard InChI is InChI=1S/C11H15N3O3/c1-2-14(4-5-15)7-10-12-11(13-17-10)9-3-6-16-8-9/h3,6,8,15H,2,4-5,7H2,1H3. The maximum Gasteiger partial charge on any atom is 0.241 e. The van der Waals surface area contributed by atoms with Gasteiger partial charge in [-0.15, -0.1) is 0 Å². The van der Waals surface area contributed by atoms with Gasteiger partial charge in [0.2, 0.25) is 11.7 Å². The number of hydrogen-bond donors (Lipinski definition) is 1. The third-order valence-electron chi connectivity index (χ3n) is 2.47. The average molecular weight is 237 g/mol. The van der Waals surface area contributed by atoms with Crippen LogP contribution < -0.4 is 0 Å². The van der Waals surface area contributed by atoms with E-state index in [4.69, 9.17) is 14.0 Å². The van der Waals surface area contributed by atoms with Crippen molar-refractivity contribution in [1.82, 2.24) is 15.0 Å². The van der Waals surface area contributed by atoms with Gasteiger partial charge in [-0.3, -0.25) is 4.90 Å². The fraction of sp³-hybridized carbons (Fsp3) is 0.455. The third-order valence-corrected chi connectivity index (χ3v) is 2.47. The minimum absolute atomic E-state index is 0.122. The van der Waals surface area contributed by atoms with Gasteiger partial charge in [-0.25, -0.2) is 0 Å². The van der Waals surface area contributed by atoms with Crippen molar-refractivity contribution in [3.8, 4) is 11.4 Å². The molecule has 0 saturated heterocycles. The minimum Gasteiger partial charge on any atom is -0.472 e. The van der Waals surface area contributed by atoms with E-state index in [0.717, 1.165) is 12.1 Å². The first-order chi connectivity index (χ1) is 8.33. The molecule has 92 valence electrons. The summed E-state index contributed by atoms with van der Waals surface area (Å²) in [6, 6.07) is 1.78. The van der Waals surface area contributed by atoms with E-state index in [0.29, 0.717) is 24.8 Å². The van der Waals surface area contributed by atoms with Gasteiger partial charge in [0.15, 0.2) is 0 Å². The molecule has 0 atom stereocenters. The molecular weight excluding hydrogens is 222 g/mol. The number of aliphatic hydroxyl groups excluding tert-OH is 1. The average Bonchev–Trinajstić information content (AvgIpc) is 2.98. The zero-order chi connectivity index (χ0) is 12.1. The Kier molecular flexibility index (Phi) is 3.89. The Morgan fingerprint density at radius 1 is 1.47 bits per heavy atom. The largest absolute Gasteiger partial charge is 0.472 e. The van der Waals surface area contributed by atoms with Crippen LogP contribution in [0, 0.1) is 0 Å². The molecule has 0 aromatic carbocycles. The summed E-state index contributed by atoms with van der Waals surface area (Å²) >= 11 is 0. The van der Waals surface area contributed by atoms with E-state index in [1.807, 2.05) is 11.8 Å². The number of likely N-dealkylation sites (N-methyl/N-ethyl adjacent to an activating group) is 1. The maximum atomic E-state index is 8.88. The van der Waals surface area contributed by atoms with Gasteiger partial charge in [0.1, 0.15) is 6.26 Å². The van der Waals surface area contributed by atoms with E-state index < -0.39 is 0 Å². The van der Waals surface area contributed by atoms with E-state index in [1.165, 1.54) is 0 Å². The molecule has 0 bridgehead atoms. The molecule has 1 N–H and O–H groups in total. The van der Waals surface area contributed by atoms with Crippen molar-refractivity contribution in [3.63, 3.8) is 0 Å². The summed E-state index contributed by atoms with van der Waals surface area (Å²) in [4.78, 5) is 6.28. The van der Waals surface area contributed by atoms with Gasteiger partial charge < -0.3 is 14.0 Å². The zero-order valence-electron chi connectivity index (χ0n) is 9.67. The van der Waals surface area contributed by atoms with Crippen molar-refractivity contribution >= 4 is 0 Å². The van der Waals surface area contributed by atoms with Crippen LogP contribution >= 0.6 is 0 Å². The third kappa shape index (κ3) is 2.92. The second-order valence-electron chi connectivity index (χ2n) is 3.62. The van der Waals surface area contributed by atoms with Crippen LogP contribution in [0.1, 0.15) is 12.8 Å². The number of nitrogens with zero attached hydrogens (tertiary/aromatic N) is 3. The van der Waals surface area contributed by atoms with Crippen LogP contribution in [-0.4, -0.2) is 39.8 Å². The lowest BCUT2D eigenvalue weighted by Gasteiger charge is -2.15. The molecule has 0 fully saturated rings. The molecule has 0 unspecified atom stereocenters. The fourth-order valence-corrected chi connectivity index (χ4v) is 1.51. The van der Waals surface area contributed by atoms with Gasteiger partial charge in [0, 0.05) is 6.54 Å². The second kappa shape index (κ2) is 5.60.